The molecule has 22 heavy (non-hydrogen) atoms. The molecular formula is C18H17FN2O. The highest BCUT2D eigenvalue weighted by Gasteiger charge is 2.27. The Labute approximate surface area is 128 Å². The smallest absolute Gasteiger partial charge is 0.199 e. The number of benzene rings is 2. The van der Waals surface area contributed by atoms with E-state index >= 15 is 0 Å². The third-order valence-corrected chi connectivity index (χ3v) is 4.24. The average Bonchev–Trinajstić information content (AvgIpc) is 3.14. The molecule has 112 valence electrons. The van der Waals surface area contributed by atoms with Gasteiger partial charge >= 0.3 is 0 Å². The summed E-state index contributed by atoms with van der Waals surface area (Å²) in [5, 5.41) is 0. The van der Waals surface area contributed by atoms with Crippen LogP contribution in [0.5, 0.6) is 0 Å². The highest BCUT2D eigenvalue weighted by Crippen LogP contribution is 2.30. The molecule has 3 nitrogen and oxygen atoms in total. The third-order valence-electron chi connectivity index (χ3n) is 4.24. The third kappa shape index (κ3) is 2.62. The standard InChI is InChI=1S/C18H17FN2O/c19-15-6-7-17-16(10-15)20-18(22-17)14-8-9-21(12-14)11-13-4-2-1-3-5-13/h1-7,10,14H,8-9,11-12H2/t14-/m0/s1. The molecule has 1 aliphatic heterocycles. The van der Waals surface area contributed by atoms with Gasteiger partial charge < -0.3 is 4.42 Å². The maximum absolute atomic E-state index is 13.2. The summed E-state index contributed by atoms with van der Waals surface area (Å²) < 4.78 is 19.0. The van der Waals surface area contributed by atoms with Crippen LogP contribution in [0.4, 0.5) is 4.39 Å². The normalized spacial score (nSPS) is 19.0. The van der Waals surface area contributed by atoms with Gasteiger partial charge in [0.25, 0.3) is 0 Å². The summed E-state index contributed by atoms with van der Waals surface area (Å²) in [6.45, 7) is 2.92. The summed E-state index contributed by atoms with van der Waals surface area (Å²) in [7, 11) is 0. The zero-order chi connectivity index (χ0) is 14.9. The molecule has 4 heteroatoms. The minimum absolute atomic E-state index is 0.274. The van der Waals surface area contributed by atoms with Crippen molar-refractivity contribution in [3.8, 4) is 0 Å². The Bertz CT molecular complexity index is 784. The molecule has 1 atom stereocenters. The lowest BCUT2D eigenvalue weighted by molar-refractivity contribution is 0.321. The molecule has 0 bridgehead atoms. The Morgan fingerprint density at radius 1 is 1.18 bits per heavy atom. The van der Waals surface area contributed by atoms with Gasteiger partial charge in [-0.1, -0.05) is 30.3 Å². The summed E-state index contributed by atoms with van der Waals surface area (Å²) in [6, 6.07) is 15.0. The minimum Gasteiger partial charge on any atom is -0.440 e. The van der Waals surface area contributed by atoms with E-state index in [1.807, 2.05) is 6.07 Å². The van der Waals surface area contributed by atoms with Crippen molar-refractivity contribution >= 4 is 11.1 Å². The fourth-order valence-electron chi connectivity index (χ4n) is 3.11. The van der Waals surface area contributed by atoms with Crippen molar-refractivity contribution in [2.24, 2.45) is 0 Å². The first-order valence-electron chi connectivity index (χ1n) is 7.60. The Hall–Kier alpha value is -2.20. The second-order valence-electron chi connectivity index (χ2n) is 5.87. The van der Waals surface area contributed by atoms with Crippen molar-refractivity contribution in [2.45, 2.75) is 18.9 Å². The number of oxazole rings is 1. The van der Waals surface area contributed by atoms with Crippen molar-refractivity contribution in [1.82, 2.24) is 9.88 Å². The van der Waals surface area contributed by atoms with Crippen molar-refractivity contribution in [3.05, 3.63) is 65.8 Å². The Balaban J connectivity index is 1.49. The molecule has 1 saturated heterocycles. The maximum Gasteiger partial charge on any atom is 0.199 e. The first-order chi connectivity index (χ1) is 10.8. The number of rotatable bonds is 3. The molecule has 2 heterocycles. The molecule has 0 unspecified atom stereocenters. The van der Waals surface area contributed by atoms with Gasteiger partial charge in [0.2, 0.25) is 0 Å². The van der Waals surface area contributed by atoms with Gasteiger partial charge in [0.05, 0.1) is 0 Å². The lowest BCUT2D eigenvalue weighted by atomic mass is 10.1. The van der Waals surface area contributed by atoms with Crippen LogP contribution in [0.25, 0.3) is 11.1 Å². The molecular weight excluding hydrogens is 279 g/mol. The first kappa shape index (κ1) is 13.5. The van der Waals surface area contributed by atoms with Crippen molar-refractivity contribution < 1.29 is 8.81 Å². The molecule has 0 saturated carbocycles. The molecule has 0 N–H and O–H groups in total. The topological polar surface area (TPSA) is 29.3 Å². The molecule has 0 spiro atoms. The van der Waals surface area contributed by atoms with Crippen LogP contribution in [-0.2, 0) is 6.54 Å². The van der Waals surface area contributed by atoms with E-state index in [1.165, 1.54) is 17.7 Å². The van der Waals surface area contributed by atoms with Crippen LogP contribution in [0.15, 0.2) is 52.9 Å². The maximum atomic E-state index is 13.2. The lowest BCUT2D eigenvalue weighted by Crippen LogP contribution is -2.19. The highest BCUT2D eigenvalue weighted by molar-refractivity contribution is 5.72. The summed E-state index contributed by atoms with van der Waals surface area (Å²) >= 11 is 0. The summed E-state index contributed by atoms with van der Waals surface area (Å²) in [5.41, 5.74) is 2.59. The Morgan fingerprint density at radius 2 is 2.05 bits per heavy atom. The van der Waals surface area contributed by atoms with E-state index in [2.05, 4.69) is 34.1 Å². The monoisotopic (exact) mass is 296 g/mol. The highest BCUT2D eigenvalue weighted by atomic mass is 19.1. The summed E-state index contributed by atoms with van der Waals surface area (Å²) in [4.78, 5) is 6.88. The van der Waals surface area contributed by atoms with Gasteiger partial charge in [-0.2, -0.15) is 0 Å². The van der Waals surface area contributed by atoms with Gasteiger partial charge in [-0.3, -0.25) is 4.90 Å². The van der Waals surface area contributed by atoms with Crippen LogP contribution < -0.4 is 0 Å². The van der Waals surface area contributed by atoms with Gasteiger partial charge in [-0.05, 0) is 30.7 Å². The number of halogens is 1. The fourth-order valence-corrected chi connectivity index (χ4v) is 3.11. The van der Waals surface area contributed by atoms with Crippen LogP contribution >= 0.6 is 0 Å². The Morgan fingerprint density at radius 3 is 2.91 bits per heavy atom. The van der Waals surface area contributed by atoms with Crippen LogP contribution in [0.3, 0.4) is 0 Å². The van der Waals surface area contributed by atoms with Gasteiger partial charge in [0, 0.05) is 25.1 Å². The summed E-state index contributed by atoms with van der Waals surface area (Å²) in [5.74, 6) is 0.750. The number of aromatic nitrogens is 1. The average molecular weight is 296 g/mol. The lowest BCUT2D eigenvalue weighted by Gasteiger charge is -2.15. The van der Waals surface area contributed by atoms with Crippen LogP contribution in [-0.4, -0.2) is 23.0 Å². The number of nitrogens with zero attached hydrogens (tertiary/aromatic N) is 2. The molecule has 1 fully saturated rings. The second-order valence-corrected chi connectivity index (χ2v) is 5.87. The SMILES string of the molecule is Fc1ccc2oc([C@H]3CCN(Cc4ccccc4)C3)nc2c1. The predicted octanol–water partition coefficient (Wildman–Crippen LogP) is 3.96. The number of likely N-dealkylation sites (tertiary alicyclic amines) is 1. The summed E-state index contributed by atoms with van der Waals surface area (Å²) in [6.07, 6.45) is 1.03. The van der Waals surface area contributed by atoms with E-state index in [9.17, 15) is 4.39 Å². The molecule has 0 amide bonds. The van der Waals surface area contributed by atoms with Crippen LogP contribution in [0.1, 0.15) is 23.8 Å². The largest absolute Gasteiger partial charge is 0.440 e. The van der Waals surface area contributed by atoms with E-state index < -0.39 is 0 Å². The molecule has 1 aromatic heterocycles. The number of hydrogen-bond acceptors (Lipinski definition) is 3. The first-order valence-corrected chi connectivity index (χ1v) is 7.60. The van der Waals surface area contributed by atoms with E-state index in [4.69, 9.17) is 4.42 Å². The quantitative estimate of drug-likeness (QED) is 0.732. The number of hydrogen-bond donors (Lipinski definition) is 0. The van der Waals surface area contributed by atoms with Crippen LogP contribution in [0.2, 0.25) is 0 Å². The van der Waals surface area contributed by atoms with E-state index in [-0.39, 0.29) is 5.82 Å². The minimum atomic E-state index is -0.274. The molecule has 2 aromatic carbocycles. The zero-order valence-electron chi connectivity index (χ0n) is 12.2. The molecule has 4 rings (SSSR count). The van der Waals surface area contributed by atoms with Crippen molar-refractivity contribution in [2.75, 3.05) is 13.1 Å². The van der Waals surface area contributed by atoms with Gasteiger partial charge in [-0.25, -0.2) is 9.37 Å². The van der Waals surface area contributed by atoms with E-state index in [0.717, 1.165) is 31.9 Å². The fraction of sp³-hybridized carbons (Fsp3) is 0.278. The number of fused-ring (bicyclic) bond motifs is 1. The Kier molecular flexibility index (Phi) is 3.39. The molecule has 0 radical (unpaired) electrons. The molecule has 3 aromatic rings. The van der Waals surface area contributed by atoms with Gasteiger partial charge in [0.15, 0.2) is 11.5 Å². The van der Waals surface area contributed by atoms with E-state index in [1.54, 1.807) is 6.07 Å². The van der Waals surface area contributed by atoms with Crippen molar-refractivity contribution in [3.63, 3.8) is 0 Å². The van der Waals surface area contributed by atoms with Crippen LogP contribution in [0, 0.1) is 5.82 Å². The zero-order valence-corrected chi connectivity index (χ0v) is 12.2. The van der Waals surface area contributed by atoms with Crippen molar-refractivity contribution in [1.29, 1.82) is 0 Å². The van der Waals surface area contributed by atoms with Gasteiger partial charge in [-0.15, -0.1) is 0 Å². The molecule has 1 aliphatic rings. The predicted molar refractivity (Wildman–Crippen MR) is 83.0 cm³/mol. The second kappa shape index (κ2) is 5.54. The molecule has 0 aliphatic carbocycles. The van der Waals surface area contributed by atoms with Gasteiger partial charge in [0.1, 0.15) is 11.3 Å². The van der Waals surface area contributed by atoms with E-state index in [0.29, 0.717) is 17.0 Å².